The summed E-state index contributed by atoms with van der Waals surface area (Å²) in [6.45, 7) is 19.5. The Balaban J connectivity index is 2.53. The van der Waals surface area contributed by atoms with Gasteiger partial charge in [0.05, 0.1) is 13.2 Å². The van der Waals surface area contributed by atoms with Crippen molar-refractivity contribution in [2.75, 3.05) is 70.8 Å². The normalized spacial score (nSPS) is 14.7. The van der Waals surface area contributed by atoms with Gasteiger partial charge in [0.1, 0.15) is 0 Å². The Morgan fingerprint density at radius 1 is 0.718 bits per heavy atom. The van der Waals surface area contributed by atoms with Crippen LogP contribution in [0.2, 0.25) is 12.1 Å². The summed E-state index contributed by atoms with van der Waals surface area (Å²) in [5, 5.41) is 0. The van der Waals surface area contributed by atoms with E-state index in [0.717, 1.165) is 35.5 Å². The molecule has 0 bridgehead atoms. The summed E-state index contributed by atoms with van der Waals surface area (Å²) in [6.07, 6.45) is 1.24. The second-order valence-corrected chi connectivity index (χ2v) is 14.7. The van der Waals surface area contributed by atoms with Gasteiger partial charge in [-0.2, -0.15) is 0 Å². The van der Waals surface area contributed by atoms with Crippen LogP contribution in [0.1, 0.15) is 70.0 Å². The van der Waals surface area contributed by atoms with Crippen molar-refractivity contribution in [3.05, 3.63) is 28.8 Å². The van der Waals surface area contributed by atoms with Crippen molar-refractivity contribution in [3.8, 4) is 0 Å². The Hall–Kier alpha value is -1.16. The summed E-state index contributed by atoms with van der Waals surface area (Å²) in [4.78, 5) is 15.5. The number of carbonyl (C=O) groups is 1. The van der Waals surface area contributed by atoms with Gasteiger partial charge in [-0.1, -0.05) is 0 Å². The number of morpholine rings is 1. The molecule has 11 heteroatoms. The molecule has 0 atom stereocenters. The Morgan fingerprint density at radius 3 is 1.38 bits per heavy atom. The second-order valence-electron chi connectivity index (χ2n) is 9.26. The van der Waals surface area contributed by atoms with Crippen molar-refractivity contribution >= 4 is 29.1 Å². The molecule has 0 amide bonds. The fourth-order valence-corrected chi connectivity index (χ4v) is 10.3. The van der Waals surface area contributed by atoms with Crippen molar-refractivity contribution in [2.24, 2.45) is 0 Å². The van der Waals surface area contributed by atoms with Crippen molar-refractivity contribution in [1.29, 1.82) is 0 Å². The van der Waals surface area contributed by atoms with E-state index in [4.69, 9.17) is 31.3 Å². The molecule has 0 N–H and O–H groups in total. The highest BCUT2D eigenvalue weighted by Gasteiger charge is 2.42. The molecule has 1 saturated heterocycles. The third-order valence-electron chi connectivity index (χ3n) is 6.60. The molecule has 0 saturated carbocycles. The summed E-state index contributed by atoms with van der Waals surface area (Å²) in [5.74, 6) is 0.0431. The summed E-state index contributed by atoms with van der Waals surface area (Å²) in [7, 11) is -5.78. The Morgan fingerprint density at radius 2 is 1.08 bits per heavy atom. The highest BCUT2D eigenvalue weighted by Crippen LogP contribution is 2.31. The molecule has 1 aromatic carbocycles. The standard InChI is InChI=1S/C28H51NO8Si2/c1-8-32-38(33-9-2,34-10-3)20-14-25-22-27(29-16-18-31-19-17-29)23-26(28(25)24(7)30)15-21-39(35-11-4,36-12-5)37-13-6/h22-23H,8-21H2,1-7H3. The van der Waals surface area contributed by atoms with Gasteiger partial charge in [-0.25, -0.2) is 0 Å². The van der Waals surface area contributed by atoms with E-state index < -0.39 is 17.6 Å². The molecular weight excluding hydrogens is 534 g/mol. The summed E-state index contributed by atoms with van der Waals surface area (Å²) >= 11 is 0. The minimum Gasteiger partial charge on any atom is -0.378 e. The van der Waals surface area contributed by atoms with E-state index in [1.54, 1.807) is 6.92 Å². The SMILES string of the molecule is CCO[Si](CCc1cc(N2CCOCC2)cc(CC[Si](OCC)(OCC)OCC)c1C(C)=O)(OCC)OCC. The van der Waals surface area contributed by atoms with E-state index in [1.807, 2.05) is 41.5 Å². The molecular formula is C28H51NO8Si2. The third kappa shape index (κ3) is 10.0. The molecule has 1 fully saturated rings. The van der Waals surface area contributed by atoms with Crippen molar-refractivity contribution < 1.29 is 36.1 Å². The van der Waals surface area contributed by atoms with E-state index in [-0.39, 0.29) is 5.78 Å². The number of benzene rings is 1. The van der Waals surface area contributed by atoms with Crippen LogP contribution in [0.3, 0.4) is 0 Å². The minimum atomic E-state index is -2.89. The van der Waals surface area contributed by atoms with Gasteiger partial charge in [0.15, 0.2) is 5.78 Å². The number of ether oxygens (including phenoxy) is 1. The molecule has 0 aliphatic carbocycles. The summed E-state index contributed by atoms with van der Waals surface area (Å²) < 4.78 is 42.3. The summed E-state index contributed by atoms with van der Waals surface area (Å²) in [5.41, 5.74) is 3.84. The average molecular weight is 586 g/mol. The van der Waals surface area contributed by atoms with E-state index in [2.05, 4.69) is 17.0 Å². The second kappa shape index (κ2) is 17.6. The van der Waals surface area contributed by atoms with E-state index in [9.17, 15) is 4.79 Å². The number of Topliss-reactive ketones (excluding diaryl/α,β-unsaturated/α-hetero) is 1. The number of nitrogens with zero attached hydrogens (tertiary/aromatic N) is 1. The first kappa shape index (κ1) is 34.0. The van der Waals surface area contributed by atoms with Crippen LogP contribution in [0.15, 0.2) is 12.1 Å². The number of rotatable bonds is 20. The van der Waals surface area contributed by atoms with Gasteiger partial charge in [0, 0.05) is 76.1 Å². The van der Waals surface area contributed by atoms with Crippen LogP contribution in [0, 0.1) is 0 Å². The van der Waals surface area contributed by atoms with Gasteiger partial charge < -0.3 is 36.2 Å². The number of aryl methyl sites for hydroxylation is 2. The molecule has 0 aromatic heterocycles. The van der Waals surface area contributed by atoms with Crippen LogP contribution in [-0.4, -0.2) is 89.3 Å². The lowest BCUT2D eigenvalue weighted by molar-refractivity contribution is 0.0707. The van der Waals surface area contributed by atoms with Crippen LogP contribution < -0.4 is 4.90 Å². The van der Waals surface area contributed by atoms with Gasteiger partial charge in [0.2, 0.25) is 0 Å². The zero-order chi connectivity index (χ0) is 28.7. The molecule has 0 spiro atoms. The smallest absolute Gasteiger partial charge is 0.378 e. The zero-order valence-electron chi connectivity index (χ0n) is 25.3. The van der Waals surface area contributed by atoms with Gasteiger partial charge in [-0.3, -0.25) is 4.79 Å². The number of carbonyl (C=O) groups excluding carboxylic acids is 1. The van der Waals surface area contributed by atoms with Crippen LogP contribution in [0.4, 0.5) is 5.69 Å². The van der Waals surface area contributed by atoms with E-state index in [1.165, 1.54) is 0 Å². The maximum Gasteiger partial charge on any atom is 0.501 e. The lowest BCUT2D eigenvalue weighted by Gasteiger charge is -2.32. The highest BCUT2D eigenvalue weighted by atomic mass is 28.4. The van der Waals surface area contributed by atoms with Crippen LogP contribution in [0.25, 0.3) is 0 Å². The molecule has 1 heterocycles. The van der Waals surface area contributed by atoms with Gasteiger partial charge in [-0.05, 0) is 84.6 Å². The predicted molar refractivity (Wildman–Crippen MR) is 158 cm³/mol. The maximum atomic E-state index is 13.2. The molecule has 1 aliphatic heterocycles. The van der Waals surface area contributed by atoms with Crippen LogP contribution in [-0.2, 0) is 44.1 Å². The number of ketones is 1. The molecule has 1 aromatic rings. The topological polar surface area (TPSA) is 84.9 Å². The molecule has 1 aliphatic rings. The summed E-state index contributed by atoms with van der Waals surface area (Å²) in [6, 6.07) is 5.52. The quantitative estimate of drug-likeness (QED) is 0.157. The highest BCUT2D eigenvalue weighted by molar-refractivity contribution is 6.61. The molecule has 0 unspecified atom stereocenters. The Bertz CT molecular complexity index is 781. The fourth-order valence-electron chi connectivity index (χ4n) is 5.18. The Labute approximate surface area is 238 Å². The van der Waals surface area contributed by atoms with Crippen molar-refractivity contribution in [2.45, 2.75) is 73.4 Å². The van der Waals surface area contributed by atoms with Crippen LogP contribution in [0.5, 0.6) is 0 Å². The lowest BCUT2D eigenvalue weighted by atomic mass is 9.93. The van der Waals surface area contributed by atoms with Gasteiger partial charge in [-0.15, -0.1) is 0 Å². The first-order valence-electron chi connectivity index (χ1n) is 14.7. The average Bonchev–Trinajstić information content (AvgIpc) is 2.92. The first-order valence-corrected chi connectivity index (χ1v) is 18.5. The van der Waals surface area contributed by atoms with Crippen LogP contribution >= 0.6 is 0 Å². The molecule has 39 heavy (non-hydrogen) atoms. The fraction of sp³-hybridized carbons (Fsp3) is 0.750. The monoisotopic (exact) mass is 585 g/mol. The maximum absolute atomic E-state index is 13.2. The first-order chi connectivity index (χ1) is 18.8. The Kier molecular flexibility index (Phi) is 15.4. The van der Waals surface area contributed by atoms with Gasteiger partial charge >= 0.3 is 17.6 Å². The van der Waals surface area contributed by atoms with Gasteiger partial charge in [0.25, 0.3) is 0 Å². The number of anilines is 1. The van der Waals surface area contributed by atoms with Crippen molar-refractivity contribution in [3.63, 3.8) is 0 Å². The molecule has 9 nitrogen and oxygen atoms in total. The zero-order valence-corrected chi connectivity index (χ0v) is 27.3. The minimum absolute atomic E-state index is 0.0431. The third-order valence-corrected chi connectivity index (χ3v) is 12.7. The lowest BCUT2D eigenvalue weighted by Crippen LogP contribution is -2.46. The largest absolute Gasteiger partial charge is 0.501 e. The predicted octanol–water partition coefficient (Wildman–Crippen LogP) is 4.91. The number of hydrogen-bond acceptors (Lipinski definition) is 9. The van der Waals surface area contributed by atoms with Crippen molar-refractivity contribution in [1.82, 2.24) is 0 Å². The van der Waals surface area contributed by atoms with E-state index in [0.29, 0.717) is 77.8 Å². The van der Waals surface area contributed by atoms with E-state index >= 15 is 0 Å². The molecule has 224 valence electrons. The molecule has 2 rings (SSSR count). The molecule has 0 radical (unpaired) electrons. The number of hydrogen-bond donors (Lipinski definition) is 0.